The second-order valence-electron chi connectivity index (χ2n) is 6.52. The number of hydrogen-bond donors (Lipinski definition) is 2. The monoisotopic (exact) mass is 352 g/mol. The molecule has 1 aliphatic carbocycles. The Morgan fingerprint density at radius 3 is 2.15 bits per heavy atom. The van der Waals surface area contributed by atoms with Crippen molar-refractivity contribution < 1.29 is 14.3 Å². The predicted octanol–water partition coefficient (Wildman–Crippen LogP) is 4.47. The van der Waals surface area contributed by atoms with E-state index < -0.39 is 0 Å². The second kappa shape index (κ2) is 8.52. The van der Waals surface area contributed by atoms with Crippen LogP contribution in [0.2, 0.25) is 0 Å². The van der Waals surface area contributed by atoms with Crippen LogP contribution >= 0.6 is 0 Å². The van der Waals surface area contributed by atoms with Crippen LogP contribution < -0.4 is 15.4 Å². The normalized spacial score (nSPS) is 13.1. The van der Waals surface area contributed by atoms with Crippen molar-refractivity contribution in [2.45, 2.75) is 32.6 Å². The van der Waals surface area contributed by atoms with Gasteiger partial charge in [0.05, 0.1) is 6.61 Å². The summed E-state index contributed by atoms with van der Waals surface area (Å²) in [4.78, 5) is 24.1. The van der Waals surface area contributed by atoms with Gasteiger partial charge in [0.25, 0.3) is 5.91 Å². The summed E-state index contributed by atoms with van der Waals surface area (Å²) < 4.78 is 5.60. The average Bonchev–Trinajstić information content (AvgIpc) is 3.49. The van der Waals surface area contributed by atoms with Gasteiger partial charge in [0.1, 0.15) is 5.75 Å². The maximum atomic E-state index is 12.3. The highest BCUT2D eigenvalue weighted by molar-refractivity contribution is 6.04. The quantitative estimate of drug-likeness (QED) is 0.689. The molecule has 2 aromatic carbocycles. The lowest BCUT2D eigenvalue weighted by Gasteiger charge is -2.09. The fourth-order valence-corrected chi connectivity index (χ4v) is 2.47. The van der Waals surface area contributed by atoms with E-state index >= 15 is 0 Å². The first-order valence-corrected chi connectivity index (χ1v) is 9.11. The van der Waals surface area contributed by atoms with Crippen LogP contribution in [0.4, 0.5) is 11.4 Å². The first-order chi connectivity index (χ1) is 12.7. The Morgan fingerprint density at radius 1 is 0.962 bits per heavy atom. The van der Waals surface area contributed by atoms with E-state index in [0.717, 1.165) is 37.1 Å². The molecule has 0 bridgehead atoms. The molecule has 5 nitrogen and oxygen atoms in total. The summed E-state index contributed by atoms with van der Waals surface area (Å²) in [6.45, 7) is 2.80. The van der Waals surface area contributed by atoms with E-state index in [1.54, 1.807) is 48.5 Å². The van der Waals surface area contributed by atoms with E-state index in [9.17, 15) is 9.59 Å². The largest absolute Gasteiger partial charge is 0.494 e. The van der Waals surface area contributed by atoms with Crippen LogP contribution in [0, 0.1) is 5.92 Å². The number of rotatable bonds is 8. The van der Waals surface area contributed by atoms with Gasteiger partial charge in [-0.3, -0.25) is 9.59 Å². The zero-order chi connectivity index (χ0) is 18.4. The van der Waals surface area contributed by atoms with Crippen molar-refractivity contribution in [1.29, 1.82) is 0 Å². The van der Waals surface area contributed by atoms with E-state index in [4.69, 9.17) is 4.74 Å². The van der Waals surface area contributed by atoms with Crippen molar-refractivity contribution in [1.82, 2.24) is 0 Å². The summed E-state index contributed by atoms with van der Waals surface area (Å²) >= 11 is 0. The molecule has 0 atom stereocenters. The third-order valence-corrected chi connectivity index (χ3v) is 4.24. The van der Waals surface area contributed by atoms with E-state index in [1.807, 2.05) is 0 Å². The van der Waals surface area contributed by atoms with Gasteiger partial charge in [-0.05, 0) is 67.8 Å². The summed E-state index contributed by atoms with van der Waals surface area (Å²) in [6.07, 6.45) is 4.05. The van der Waals surface area contributed by atoms with E-state index in [2.05, 4.69) is 17.6 Å². The van der Waals surface area contributed by atoms with Crippen molar-refractivity contribution in [3.63, 3.8) is 0 Å². The molecule has 2 amide bonds. The molecule has 0 heterocycles. The molecule has 1 saturated carbocycles. The molecule has 1 fully saturated rings. The fraction of sp³-hybridized carbons (Fsp3) is 0.333. The fourth-order valence-electron chi connectivity index (χ4n) is 2.47. The molecule has 136 valence electrons. The maximum absolute atomic E-state index is 12.3. The molecular formula is C21H24N2O3. The van der Waals surface area contributed by atoms with Crippen LogP contribution in [0.15, 0.2) is 48.5 Å². The first-order valence-electron chi connectivity index (χ1n) is 9.11. The minimum Gasteiger partial charge on any atom is -0.494 e. The maximum Gasteiger partial charge on any atom is 0.255 e. The molecule has 26 heavy (non-hydrogen) atoms. The third kappa shape index (κ3) is 5.09. The zero-order valence-corrected chi connectivity index (χ0v) is 15.0. The third-order valence-electron chi connectivity index (χ3n) is 4.24. The summed E-state index contributed by atoms with van der Waals surface area (Å²) in [5, 5.41) is 5.73. The second-order valence-corrected chi connectivity index (χ2v) is 6.52. The van der Waals surface area contributed by atoms with Gasteiger partial charge in [-0.25, -0.2) is 0 Å². The number of ether oxygens (including phenoxy) is 1. The summed E-state index contributed by atoms with van der Waals surface area (Å²) in [5.74, 6) is 0.831. The van der Waals surface area contributed by atoms with Gasteiger partial charge >= 0.3 is 0 Å². The lowest BCUT2D eigenvalue weighted by molar-refractivity contribution is -0.117. The Kier molecular flexibility index (Phi) is 5.89. The van der Waals surface area contributed by atoms with Crippen molar-refractivity contribution in [2.24, 2.45) is 5.92 Å². The van der Waals surface area contributed by atoms with Crippen molar-refractivity contribution in [3.8, 4) is 5.75 Å². The van der Waals surface area contributed by atoms with Gasteiger partial charge in [0.15, 0.2) is 0 Å². The van der Waals surface area contributed by atoms with Crippen molar-refractivity contribution in [3.05, 3.63) is 54.1 Å². The Labute approximate surface area is 153 Å². The number of amides is 2. The lowest BCUT2D eigenvalue weighted by Crippen LogP contribution is -2.14. The molecule has 3 rings (SSSR count). The number of benzene rings is 2. The first kappa shape index (κ1) is 18.0. The average molecular weight is 352 g/mol. The smallest absolute Gasteiger partial charge is 0.255 e. The molecular weight excluding hydrogens is 328 g/mol. The van der Waals surface area contributed by atoms with Gasteiger partial charge < -0.3 is 15.4 Å². The highest BCUT2D eigenvalue weighted by Crippen LogP contribution is 2.30. The number of hydrogen-bond acceptors (Lipinski definition) is 3. The van der Waals surface area contributed by atoms with Crippen LogP contribution in [0.3, 0.4) is 0 Å². The highest BCUT2D eigenvalue weighted by Gasteiger charge is 2.29. The Hall–Kier alpha value is -2.82. The molecule has 0 spiro atoms. The van der Waals surface area contributed by atoms with Gasteiger partial charge in [0, 0.05) is 22.9 Å². The zero-order valence-electron chi connectivity index (χ0n) is 15.0. The molecule has 0 aromatic heterocycles. The predicted molar refractivity (Wildman–Crippen MR) is 103 cm³/mol. The summed E-state index contributed by atoms with van der Waals surface area (Å²) in [6, 6.07) is 14.3. The number of anilines is 2. The number of nitrogens with one attached hydrogen (secondary N) is 2. The van der Waals surface area contributed by atoms with E-state index in [0.29, 0.717) is 17.9 Å². The number of carbonyl (C=O) groups excluding carboxylic acids is 2. The minimum atomic E-state index is -0.181. The van der Waals surface area contributed by atoms with E-state index in [-0.39, 0.29) is 17.7 Å². The Balaban J connectivity index is 1.52. The van der Waals surface area contributed by atoms with Crippen LogP contribution in [-0.2, 0) is 4.79 Å². The van der Waals surface area contributed by atoms with Gasteiger partial charge in [-0.15, -0.1) is 0 Å². The lowest BCUT2D eigenvalue weighted by atomic mass is 10.2. The molecule has 2 N–H and O–H groups in total. The SMILES string of the molecule is CCCCOc1ccc(C(=O)Nc2ccc(NC(=O)C3CC3)cc2)cc1. The molecule has 0 radical (unpaired) electrons. The standard InChI is InChI=1S/C21H24N2O3/c1-2-3-14-26-19-12-6-16(7-13-19)21(25)23-18-10-8-17(9-11-18)22-20(24)15-4-5-15/h6-13,15H,2-5,14H2,1H3,(H,22,24)(H,23,25). The summed E-state index contributed by atoms with van der Waals surface area (Å²) in [7, 11) is 0. The number of carbonyl (C=O) groups is 2. The van der Waals surface area contributed by atoms with Gasteiger partial charge in [-0.1, -0.05) is 13.3 Å². The van der Waals surface area contributed by atoms with Crippen LogP contribution in [0.5, 0.6) is 5.75 Å². The van der Waals surface area contributed by atoms with Gasteiger partial charge in [-0.2, -0.15) is 0 Å². The van der Waals surface area contributed by atoms with Crippen LogP contribution in [0.25, 0.3) is 0 Å². The van der Waals surface area contributed by atoms with Crippen LogP contribution in [0.1, 0.15) is 43.0 Å². The van der Waals surface area contributed by atoms with Crippen LogP contribution in [-0.4, -0.2) is 18.4 Å². The molecule has 1 aliphatic rings. The van der Waals surface area contributed by atoms with E-state index in [1.165, 1.54) is 0 Å². The number of unbranched alkanes of at least 4 members (excludes halogenated alkanes) is 1. The minimum absolute atomic E-state index is 0.0723. The van der Waals surface area contributed by atoms with Crippen molar-refractivity contribution in [2.75, 3.05) is 17.2 Å². The molecule has 0 aliphatic heterocycles. The van der Waals surface area contributed by atoms with Crippen molar-refractivity contribution >= 4 is 23.2 Å². The molecule has 5 heteroatoms. The highest BCUT2D eigenvalue weighted by atomic mass is 16.5. The van der Waals surface area contributed by atoms with Gasteiger partial charge in [0.2, 0.25) is 5.91 Å². The summed E-state index contributed by atoms with van der Waals surface area (Å²) in [5.41, 5.74) is 2.00. The Bertz CT molecular complexity index is 750. The topological polar surface area (TPSA) is 67.4 Å². The molecule has 0 saturated heterocycles. The Morgan fingerprint density at radius 2 is 1.58 bits per heavy atom. The molecule has 2 aromatic rings. The molecule has 0 unspecified atom stereocenters.